The first-order valence-corrected chi connectivity index (χ1v) is 9.94. The van der Waals surface area contributed by atoms with Gasteiger partial charge in [0, 0.05) is 23.6 Å². The lowest BCUT2D eigenvalue weighted by Gasteiger charge is -2.11. The van der Waals surface area contributed by atoms with Crippen LogP contribution in [0.5, 0.6) is 17.2 Å². The van der Waals surface area contributed by atoms with Crippen LogP contribution in [0.1, 0.15) is 17.3 Å². The molecule has 1 aromatic heterocycles. The van der Waals surface area contributed by atoms with Crippen molar-refractivity contribution in [3.05, 3.63) is 66.4 Å². The summed E-state index contributed by atoms with van der Waals surface area (Å²) in [6, 6.07) is 15.4. The van der Waals surface area contributed by atoms with Gasteiger partial charge in [-0.3, -0.25) is 4.79 Å². The van der Waals surface area contributed by atoms with E-state index in [0.29, 0.717) is 29.6 Å². The molecular weight excluding hydrogens is 414 g/mol. The van der Waals surface area contributed by atoms with Crippen LogP contribution in [0.3, 0.4) is 0 Å². The van der Waals surface area contributed by atoms with Crippen LogP contribution in [-0.2, 0) is 9.53 Å². The Morgan fingerprint density at radius 2 is 1.81 bits per heavy atom. The summed E-state index contributed by atoms with van der Waals surface area (Å²) >= 11 is 0. The number of pyridine rings is 1. The third-order valence-electron chi connectivity index (χ3n) is 4.45. The minimum atomic E-state index is -0.674. The minimum absolute atomic E-state index is 0.141. The molecule has 3 aromatic rings. The predicted molar refractivity (Wildman–Crippen MR) is 117 cm³/mol. The number of esters is 1. The maximum absolute atomic E-state index is 12.6. The summed E-state index contributed by atoms with van der Waals surface area (Å²) in [5.74, 6) is 1.05. The lowest BCUT2D eigenvalue weighted by Crippen LogP contribution is -2.21. The molecule has 0 spiro atoms. The Morgan fingerprint density at radius 1 is 1.03 bits per heavy atom. The fourth-order valence-electron chi connectivity index (χ4n) is 2.99. The normalized spacial score (nSPS) is 11.5. The Bertz CT molecular complexity index is 1120. The van der Waals surface area contributed by atoms with E-state index in [1.165, 1.54) is 0 Å². The molecule has 0 atom stereocenters. The van der Waals surface area contributed by atoms with Crippen molar-refractivity contribution in [2.24, 2.45) is 0 Å². The molecule has 9 heteroatoms. The van der Waals surface area contributed by atoms with Gasteiger partial charge >= 0.3 is 5.97 Å². The molecule has 0 saturated carbocycles. The van der Waals surface area contributed by atoms with Gasteiger partial charge in [-0.1, -0.05) is 0 Å². The molecule has 2 heterocycles. The number of carbonyl (C=O) groups is 2. The van der Waals surface area contributed by atoms with Gasteiger partial charge in [-0.25, -0.2) is 9.78 Å². The summed E-state index contributed by atoms with van der Waals surface area (Å²) in [4.78, 5) is 29.0. The second kappa shape index (κ2) is 9.69. The standard InChI is InChI=1S/C23H21N3O6/c1-2-29-17-8-5-15(6-9-17)26-22-18(4-3-11-24-22)23(28)30-13-21(27)25-16-7-10-19-20(12-16)32-14-31-19/h3-12H,2,13-14H2,1H3,(H,24,26)(H,25,27). The Hall–Kier alpha value is -4.27. The Labute approximate surface area is 184 Å². The number of hydrogen-bond donors (Lipinski definition) is 2. The Morgan fingerprint density at radius 3 is 2.62 bits per heavy atom. The van der Waals surface area contributed by atoms with E-state index in [4.69, 9.17) is 18.9 Å². The number of carbonyl (C=O) groups excluding carboxylic acids is 2. The van der Waals surface area contributed by atoms with E-state index in [2.05, 4.69) is 15.6 Å². The molecule has 0 unspecified atom stereocenters. The van der Waals surface area contributed by atoms with Crippen molar-refractivity contribution in [1.82, 2.24) is 4.98 Å². The van der Waals surface area contributed by atoms with Crippen LogP contribution in [0.25, 0.3) is 0 Å². The Balaban J connectivity index is 1.35. The summed E-state index contributed by atoms with van der Waals surface area (Å²) in [5.41, 5.74) is 1.44. The second-order valence-electron chi connectivity index (χ2n) is 6.67. The summed E-state index contributed by atoms with van der Waals surface area (Å²) < 4.78 is 21.1. The molecule has 0 aliphatic carbocycles. The molecule has 2 N–H and O–H groups in total. The van der Waals surface area contributed by atoms with Crippen molar-refractivity contribution >= 4 is 29.1 Å². The predicted octanol–water partition coefficient (Wildman–Crippen LogP) is 3.75. The molecule has 2 aromatic carbocycles. The zero-order valence-corrected chi connectivity index (χ0v) is 17.3. The van der Waals surface area contributed by atoms with E-state index in [1.54, 1.807) is 36.5 Å². The molecular formula is C23H21N3O6. The van der Waals surface area contributed by atoms with Crippen molar-refractivity contribution in [2.45, 2.75) is 6.92 Å². The van der Waals surface area contributed by atoms with E-state index in [-0.39, 0.29) is 12.4 Å². The number of benzene rings is 2. The molecule has 1 aliphatic rings. The van der Waals surface area contributed by atoms with Gasteiger partial charge in [-0.2, -0.15) is 0 Å². The van der Waals surface area contributed by atoms with E-state index < -0.39 is 18.5 Å². The number of hydrogen-bond acceptors (Lipinski definition) is 8. The number of ether oxygens (including phenoxy) is 4. The molecule has 0 fully saturated rings. The van der Waals surface area contributed by atoms with Crippen LogP contribution >= 0.6 is 0 Å². The van der Waals surface area contributed by atoms with E-state index >= 15 is 0 Å². The molecule has 0 bridgehead atoms. The average molecular weight is 435 g/mol. The van der Waals surface area contributed by atoms with E-state index in [9.17, 15) is 9.59 Å². The van der Waals surface area contributed by atoms with Gasteiger partial charge in [-0.15, -0.1) is 0 Å². The molecule has 1 amide bonds. The van der Waals surface area contributed by atoms with Crippen LogP contribution in [0.15, 0.2) is 60.8 Å². The monoisotopic (exact) mass is 435 g/mol. The molecule has 1 aliphatic heterocycles. The van der Waals surface area contributed by atoms with Gasteiger partial charge in [0.15, 0.2) is 18.1 Å². The largest absolute Gasteiger partial charge is 0.494 e. The molecule has 4 rings (SSSR count). The average Bonchev–Trinajstić information content (AvgIpc) is 3.27. The highest BCUT2D eigenvalue weighted by Crippen LogP contribution is 2.34. The van der Waals surface area contributed by atoms with Gasteiger partial charge in [0.1, 0.15) is 17.1 Å². The topological polar surface area (TPSA) is 108 Å². The highest BCUT2D eigenvalue weighted by Gasteiger charge is 2.17. The number of amides is 1. The zero-order chi connectivity index (χ0) is 22.3. The zero-order valence-electron chi connectivity index (χ0n) is 17.3. The number of nitrogens with zero attached hydrogens (tertiary/aromatic N) is 1. The highest BCUT2D eigenvalue weighted by molar-refractivity contribution is 5.98. The fourth-order valence-corrected chi connectivity index (χ4v) is 2.99. The van der Waals surface area contributed by atoms with Crippen LogP contribution in [0, 0.1) is 0 Å². The van der Waals surface area contributed by atoms with Gasteiger partial charge in [-0.05, 0) is 55.5 Å². The lowest BCUT2D eigenvalue weighted by molar-refractivity contribution is -0.119. The SMILES string of the molecule is CCOc1ccc(Nc2ncccc2C(=O)OCC(=O)Nc2ccc3c(c2)OCO3)cc1. The smallest absolute Gasteiger partial charge is 0.342 e. The van der Waals surface area contributed by atoms with Crippen LogP contribution in [0.4, 0.5) is 17.2 Å². The van der Waals surface area contributed by atoms with Crippen molar-refractivity contribution in [3.8, 4) is 17.2 Å². The molecule has 32 heavy (non-hydrogen) atoms. The number of rotatable bonds is 8. The van der Waals surface area contributed by atoms with Gasteiger partial charge in [0.2, 0.25) is 6.79 Å². The number of anilines is 3. The quantitative estimate of drug-likeness (QED) is 0.515. The molecule has 0 saturated heterocycles. The van der Waals surface area contributed by atoms with Gasteiger partial charge in [0.25, 0.3) is 5.91 Å². The fraction of sp³-hybridized carbons (Fsp3) is 0.174. The third kappa shape index (κ3) is 5.07. The van der Waals surface area contributed by atoms with Gasteiger partial charge < -0.3 is 29.6 Å². The van der Waals surface area contributed by atoms with Crippen LogP contribution < -0.4 is 24.8 Å². The summed E-state index contributed by atoms with van der Waals surface area (Å²) in [7, 11) is 0. The maximum atomic E-state index is 12.6. The molecule has 9 nitrogen and oxygen atoms in total. The molecule has 0 radical (unpaired) electrons. The minimum Gasteiger partial charge on any atom is -0.494 e. The summed E-state index contributed by atoms with van der Waals surface area (Å²) in [5, 5.41) is 5.73. The number of aromatic nitrogens is 1. The van der Waals surface area contributed by atoms with Crippen molar-refractivity contribution in [2.75, 3.05) is 30.6 Å². The van der Waals surface area contributed by atoms with E-state index in [1.807, 2.05) is 31.2 Å². The Kier molecular flexibility index (Phi) is 6.35. The van der Waals surface area contributed by atoms with Crippen LogP contribution in [0.2, 0.25) is 0 Å². The second-order valence-corrected chi connectivity index (χ2v) is 6.67. The lowest BCUT2D eigenvalue weighted by atomic mass is 10.2. The molecule has 164 valence electrons. The third-order valence-corrected chi connectivity index (χ3v) is 4.45. The summed E-state index contributed by atoms with van der Waals surface area (Å²) in [6.45, 7) is 2.17. The first-order valence-electron chi connectivity index (χ1n) is 9.94. The van der Waals surface area contributed by atoms with Crippen molar-refractivity contribution in [1.29, 1.82) is 0 Å². The van der Waals surface area contributed by atoms with Crippen LogP contribution in [-0.4, -0.2) is 36.9 Å². The number of nitrogens with one attached hydrogen (secondary N) is 2. The van der Waals surface area contributed by atoms with E-state index in [0.717, 1.165) is 11.4 Å². The first kappa shape index (κ1) is 21.0. The van der Waals surface area contributed by atoms with Crippen molar-refractivity contribution in [3.63, 3.8) is 0 Å². The number of fused-ring (bicyclic) bond motifs is 1. The maximum Gasteiger partial charge on any atom is 0.342 e. The van der Waals surface area contributed by atoms with Crippen molar-refractivity contribution < 1.29 is 28.5 Å². The summed E-state index contributed by atoms with van der Waals surface area (Å²) in [6.07, 6.45) is 1.56. The van der Waals surface area contributed by atoms with Gasteiger partial charge in [0.05, 0.1) is 6.61 Å². The first-order chi connectivity index (χ1) is 15.6. The highest BCUT2D eigenvalue weighted by atomic mass is 16.7.